The minimum atomic E-state index is 0.622. The average molecular weight is 273 g/mol. The smallest absolute Gasteiger partial charge is 0.141 e. The van der Waals surface area contributed by atoms with Gasteiger partial charge in [-0.15, -0.1) is 0 Å². The van der Waals surface area contributed by atoms with Crippen molar-refractivity contribution in [2.75, 3.05) is 12.8 Å². The van der Waals surface area contributed by atoms with Crippen molar-refractivity contribution >= 4 is 28.2 Å². The zero-order valence-corrected chi connectivity index (χ0v) is 11.2. The maximum Gasteiger partial charge on any atom is 0.141 e. The summed E-state index contributed by atoms with van der Waals surface area (Å²) in [6, 6.07) is 13.6. The molecule has 0 unspecified atom stereocenters. The quantitative estimate of drug-likeness (QED) is 0.691. The molecular weight excluding hydrogens is 260 g/mol. The molecule has 0 spiro atoms. The summed E-state index contributed by atoms with van der Waals surface area (Å²) < 4.78 is 5.16. The van der Waals surface area contributed by atoms with Gasteiger partial charge in [0.15, 0.2) is 0 Å². The Morgan fingerprint density at radius 2 is 1.95 bits per heavy atom. The highest BCUT2D eigenvalue weighted by Crippen LogP contribution is 2.30. The molecule has 0 atom stereocenters. The van der Waals surface area contributed by atoms with Crippen LogP contribution in [0.4, 0.5) is 5.69 Å². The molecule has 0 amide bonds. The number of aromatic nitrogens is 1. The summed E-state index contributed by atoms with van der Waals surface area (Å²) in [5.41, 5.74) is 9.62. The molecule has 0 aliphatic heterocycles. The highest BCUT2D eigenvalue weighted by molar-refractivity contribution is 6.31. The van der Waals surface area contributed by atoms with E-state index in [-0.39, 0.29) is 0 Å². The largest absolute Gasteiger partial charge is 0.495 e. The molecule has 96 valence electrons. The minimum absolute atomic E-state index is 0.622. The summed E-state index contributed by atoms with van der Waals surface area (Å²) in [5, 5.41) is 1.81. The summed E-state index contributed by atoms with van der Waals surface area (Å²) in [7, 11) is 1.61. The standard InChI is InChI=1S/C15H13ClN2O/c1-19-15-5-2-9(7-12(15)17)14-8-10-6-11(16)3-4-13(10)18-14/h2-8,18H,17H2,1H3. The zero-order chi connectivity index (χ0) is 13.4. The molecule has 0 aliphatic carbocycles. The highest BCUT2D eigenvalue weighted by Gasteiger charge is 2.06. The molecule has 0 aliphatic rings. The van der Waals surface area contributed by atoms with E-state index in [0.29, 0.717) is 11.4 Å². The van der Waals surface area contributed by atoms with Gasteiger partial charge in [-0.25, -0.2) is 0 Å². The van der Waals surface area contributed by atoms with Crippen molar-refractivity contribution in [1.82, 2.24) is 4.98 Å². The number of nitrogens with two attached hydrogens (primary N) is 1. The van der Waals surface area contributed by atoms with E-state index in [1.165, 1.54) is 0 Å². The maximum absolute atomic E-state index is 5.99. The highest BCUT2D eigenvalue weighted by atomic mass is 35.5. The third-order valence-corrected chi connectivity index (χ3v) is 3.36. The van der Waals surface area contributed by atoms with Gasteiger partial charge in [-0.05, 0) is 42.5 Å². The van der Waals surface area contributed by atoms with Gasteiger partial charge in [-0.3, -0.25) is 0 Å². The number of hydrogen-bond acceptors (Lipinski definition) is 2. The molecule has 4 heteroatoms. The predicted octanol–water partition coefficient (Wildman–Crippen LogP) is 4.08. The summed E-state index contributed by atoms with van der Waals surface area (Å²) >= 11 is 5.99. The number of aromatic amines is 1. The van der Waals surface area contributed by atoms with Crippen molar-refractivity contribution in [3.63, 3.8) is 0 Å². The third-order valence-electron chi connectivity index (χ3n) is 3.12. The van der Waals surface area contributed by atoms with E-state index in [0.717, 1.165) is 27.2 Å². The second-order valence-corrected chi connectivity index (χ2v) is 4.81. The van der Waals surface area contributed by atoms with Crippen molar-refractivity contribution in [3.05, 3.63) is 47.5 Å². The Balaban J connectivity index is 2.11. The molecule has 3 N–H and O–H groups in total. The number of methoxy groups -OCH3 is 1. The lowest BCUT2D eigenvalue weighted by molar-refractivity contribution is 0.417. The van der Waals surface area contributed by atoms with E-state index in [1.54, 1.807) is 7.11 Å². The normalized spacial score (nSPS) is 10.8. The Kier molecular flexibility index (Phi) is 2.84. The van der Waals surface area contributed by atoms with Crippen molar-refractivity contribution in [3.8, 4) is 17.0 Å². The van der Waals surface area contributed by atoms with Crippen LogP contribution < -0.4 is 10.5 Å². The van der Waals surface area contributed by atoms with Gasteiger partial charge in [0.1, 0.15) is 5.75 Å². The lowest BCUT2D eigenvalue weighted by Gasteiger charge is -2.05. The second kappa shape index (κ2) is 4.52. The topological polar surface area (TPSA) is 51.0 Å². The Labute approximate surface area is 116 Å². The van der Waals surface area contributed by atoms with Crippen LogP contribution in [-0.4, -0.2) is 12.1 Å². The van der Waals surface area contributed by atoms with Crippen molar-refractivity contribution < 1.29 is 4.74 Å². The molecule has 0 saturated carbocycles. The third kappa shape index (κ3) is 2.13. The number of nitrogen functional groups attached to an aromatic ring is 1. The number of H-pyrrole nitrogens is 1. The van der Waals surface area contributed by atoms with Crippen LogP contribution in [0.15, 0.2) is 42.5 Å². The van der Waals surface area contributed by atoms with E-state index < -0.39 is 0 Å². The first kappa shape index (κ1) is 11.9. The number of anilines is 1. The first-order chi connectivity index (χ1) is 9.17. The molecule has 0 saturated heterocycles. The molecule has 19 heavy (non-hydrogen) atoms. The first-order valence-corrected chi connectivity index (χ1v) is 6.27. The zero-order valence-electron chi connectivity index (χ0n) is 10.4. The summed E-state index contributed by atoms with van der Waals surface area (Å²) in [5.74, 6) is 0.683. The molecule has 3 aromatic rings. The SMILES string of the molecule is COc1ccc(-c2cc3cc(Cl)ccc3[nH]2)cc1N. The van der Waals surface area contributed by atoms with Gasteiger partial charge in [-0.1, -0.05) is 11.6 Å². The fourth-order valence-electron chi connectivity index (χ4n) is 2.16. The number of rotatable bonds is 2. The molecule has 0 fully saturated rings. The number of nitrogens with one attached hydrogen (secondary N) is 1. The van der Waals surface area contributed by atoms with E-state index in [1.807, 2.05) is 36.4 Å². The van der Waals surface area contributed by atoms with Gasteiger partial charge in [0.05, 0.1) is 12.8 Å². The van der Waals surface area contributed by atoms with Gasteiger partial charge >= 0.3 is 0 Å². The van der Waals surface area contributed by atoms with Crippen LogP contribution in [-0.2, 0) is 0 Å². The van der Waals surface area contributed by atoms with Crippen LogP contribution in [0, 0.1) is 0 Å². The van der Waals surface area contributed by atoms with E-state index in [9.17, 15) is 0 Å². The Morgan fingerprint density at radius 3 is 2.68 bits per heavy atom. The molecule has 3 rings (SSSR count). The minimum Gasteiger partial charge on any atom is -0.495 e. The van der Waals surface area contributed by atoms with Gasteiger partial charge in [0.2, 0.25) is 0 Å². The number of ether oxygens (including phenoxy) is 1. The predicted molar refractivity (Wildman–Crippen MR) is 79.7 cm³/mol. The summed E-state index contributed by atoms with van der Waals surface area (Å²) in [6.07, 6.45) is 0. The fourth-order valence-corrected chi connectivity index (χ4v) is 2.34. The average Bonchev–Trinajstić information content (AvgIpc) is 2.81. The molecular formula is C15H13ClN2O. The summed E-state index contributed by atoms with van der Waals surface area (Å²) in [4.78, 5) is 3.35. The fraction of sp³-hybridized carbons (Fsp3) is 0.0667. The number of halogens is 1. The monoisotopic (exact) mass is 272 g/mol. The molecule has 1 aromatic heterocycles. The number of hydrogen-bond donors (Lipinski definition) is 2. The van der Waals surface area contributed by atoms with E-state index in [2.05, 4.69) is 11.1 Å². The maximum atomic E-state index is 5.99. The summed E-state index contributed by atoms with van der Waals surface area (Å²) in [6.45, 7) is 0. The van der Waals surface area contributed by atoms with Crippen molar-refractivity contribution in [2.24, 2.45) is 0 Å². The molecule has 0 radical (unpaired) electrons. The van der Waals surface area contributed by atoms with Crippen molar-refractivity contribution in [2.45, 2.75) is 0 Å². The van der Waals surface area contributed by atoms with Crippen LogP contribution in [0.5, 0.6) is 5.75 Å². The lowest BCUT2D eigenvalue weighted by Crippen LogP contribution is -1.92. The number of fused-ring (bicyclic) bond motifs is 1. The lowest BCUT2D eigenvalue weighted by atomic mass is 10.1. The van der Waals surface area contributed by atoms with E-state index in [4.69, 9.17) is 22.1 Å². The Morgan fingerprint density at radius 1 is 1.11 bits per heavy atom. The number of benzene rings is 2. The molecule has 0 bridgehead atoms. The van der Waals surface area contributed by atoms with Crippen LogP contribution in [0.3, 0.4) is 0 Å². The second-order valence-electron chi connectivity index (χ2n) is 4.37. The first-order valence-electron chi connectivity index (χ1n) is 5.89. The molecule has 1 heterocycles. The molecule has 2 aromatic carbocycles. The van der Waals surface area contributed by atoms with E-state index >= 15 is 0 Å². The van der Waals surface area contributed by atoms with Gasteiger partial charge in [-0.2, -0.15) is 0 Å². The van der Waals surface area contributed by atoms with Crippen LogP contribution in [0.25, 0.3) is 22.2 Å². The Hall–Kier alpha value is -2.13. The van der Waals surface area contributed by atoms with Crippen LogP contribution in [0.2, 0.25) is 5.02 Å². The molecule has 3 nitrogen and oxygen atoms in total. The van der Waals surface area contributed by atoms with Crippen molar-refractivity contribution in [1.29, 1.82) is 0 Å². The van der Waals surface area contributed by atoms with Crippen LogP contribution in [0.1, 0.15) is 0 Å². The van der Waals surface area contributed by atoms with Crippen LogP contribution >= 0.6 is 11.6 Å². The van der Waals surface area contributed by atoms with Gasteiger partial charge in [0.25, 0.3) is 0 Å². The van der Waals surface area contributed by atoms with Gasteiger partial charge in [0, 0.05) is 27.2 Å². The Bertz CT molecular complexity index is 749. The van der Waals surface area contributed by atoms with Gasteiger partial charge < -0.3 is 15.5 Å².